The topological polar surface area (TPSA) is 88.2 Å². The fourth-order valence-corrected chi connectivity index (χ4v) is 1.94. The zero-order valence-electron chi connectivity index (χ0n) is 11.3. The molecule has 5 heteroatoms. The van der Waals surface area contributed by atoms with Crippen LogP contribution in [0.2, 0.25) is 0 Å². The van der Waals surface area contributed by atoms with Crippen LogP contribution < -0.4 is 11.1 Å². The first-order valence-electron chi connectivity index (χ1n) is 6.36. The van der Waals surface area contributed by atoms with E-state index in [1.807, 2.05) is 12.1 Å². The smallest absolute Gasteiger partial charge is 0.354 e. The summed E-state index contributed by atoms with van der Waals surface area (Å²) in [6.45, 7) is 2.71. The summed E-state index contributed by atoms with van der Waals surface area (Å²) in [6, 6.07) is 11.1. The van der Waals surface area contributed by atoms with Gasteiger partial charge in [0.15, 0.2) is 5.69 Å². The number of nitrogen functional groups attached to an aromatic ring is 1. The van der Waals surface area contributed by atoms with Crippen molar-refractivity contribution in [2.24, 2.45) is 0 Å². The molecule has 2 aromatic rings. The fourth-order valence-electron chi connectivity index (χ4n) is 1.94. The van der Waals surface area contributed by atoms with Crippen molar-refractivity contribution in [2.75, 3.05) is 17.6 Å². The molecule has 1 heterocycles. The van der Waals surface area contributed by atoms with Gasteiger partial charge in [-0.25, -0.2) is 9.78 Å². The Hall–Kier alpha value is -2.56. The van der Waals surface area contributed by atoms with Gasteiger partial charge in [0, 0.05) is 6.54 Å². The lowest BCUT2D eigenvalue weighted by atomic mass is 10.1. The number of nitrogens with zero attached hydrogens (tertiary/aromatic N) is 1. The van der Waals surface area contributed by atoms with Crippen LogP contribution in [0.1, 0.15) is 21.6 Å². The maximum absolute atomic E-state index is 10.9. The Labute approximate surface area is 117 Å². The summed E-state index contributed by atoms with van der Waals surface area (Å²) in [7, 11) is 0. The molecule has 2 rings (SSSR count). The lowest BCUT2D eigenvalue weighted by Gasteiger charge is -2.10. The van der Waals surface area contributed by atoms with Crippen molar-refractivity contribution in [1.29, 1.82) is 0 Å². The second-order valence-corrected chi connectivity index (χ2v) is 4.54. The van der Waals surface area contributed by atoms with Gasteiger partial charge in [0.2, 0.25) is 0 Å². The number of carboxylic acids is 1. The van der Waals surface area contributed by atoms with Crippen LogP contribution in [-0.4, -0.2) is 22.6 Å². The summed E-state index contributed by atoms with van der Waals surface area (Å²) in [5, 5.41) is 12.0. The van der Waals surface area contributed by atoms with Crippen LogP contribution in [0, 0.1) is 6.92 Å². The molecular formula is C15H17N3O2. The third-order valence-electron chi connectivity index (χ3n) is 3.09. The lowest BCUT2D eigenvalue weighted by molar-refractivity contribution is 0.0690. The number of rotatable bonds is 5. The predicted octanol–water partition coefficient (Wildman–Crippen LogP) is 2.33. The molecule has 0 radical (unpaired) electrons. The molecule has 0 unspecified atom stereocenters. The molecule has 1 aromatic heterocycles. The highest BCUT2D eigenvalue weighted by molar-refractivity contribution is 5.86. The molecule has 20 heavy (non-hydrogen) atoms. The Morgan fingerprint density at radius 2 is 2.05 bits per heavy atom. The number of pyridine rings is 1. The van der Waals surface area contributed by atoms with Gasteiger partial charge in [-0.2, -0.15) is 0 Å². The molecule has 104 valence electrons. The van der Waals surface area contributed by atoms with Gasteiger partial charge in [0.25, 0.3) is 0 Å². The Morgan fingerprint density at radius 3 is 2.75 bits per heavy atom. The van der Waals surface area contributed by atoms with Gasteiger partial charge in [-0.05, 0) is 36.6 Å². The number of hydrogen-bond acceptors (Lipinski definition) is 4. The lowest BCUT2D eigenvalue weighted by Crippen LogP contribution is -2.11. The Kier molecular flexibility index (Phi) is 4.20. The number of aryl methyl sites for hydroxylation is 1. The highest BCUT2D eigenvalue weighted by Crippen LogP contribution is 2.16. The second-order valence-electron chi connectivity index (χ2n) is 4.54. The maximum Gasteiger partial charge on any atom is 0.354 e. The van der Waals surface area contributed by atoms with Crippen molar-refractivity contribution < 1.29 is 9.90 Å². The van der Waals surface area contributed by atoms with E-state index in [1.54, 1.807) is 6.07 Å². The Balaban J connectivity index is 2.02. The van der Waals surface area contributed by atoms with Crippen molar-refractivity contribution in [3.05, 3.63) is 53.2 Å². The molecule has 0 aliphatic rings. The number of aromatic carboxylic acids is 1. The average molecular weight is 271 g/mol. The van der Waals surface area contributed by atoms with E-state index in [-0.39, 0.29) is 5.69 Å². The summed E-state index contributed by atoms with van der Waals surface area (Å²) in [4.78, 5) is 14.9. The van der Waals surface area contributed by atoms with Gasteiger partial charge >= 0.3 is 5.97 Å². The van der Waals surface area contributed by atoms with Crippen molar-refractivity contribution in [1.82, 2.24) is 4.98 Å². The first-order chi connectivity index (χ1) is 9.58. The van der Waals surface area contributed by atoms with Gasteiger partial charge in [-0.3, -0.25) is 0 Å². The van der Waals surface area contributed by atoms with Crippen LogP contribution in [0.3, 0.4) is 0 Å². The van der Waals surface area contributed by atoms with Crippen molar-refractivity contribution in [3.8, 4) is 0 Å². The number of carboxylic acid groups (broad SMARTS) is 1. The molecule has 0 saturated heterocycles. The number of anilines is 2. The maximum atomic E-state index is 10.9. The minimum atomic E-state index is -1.06. The number of carbonyl (C=O) groups is 1. The Morgan fingerprint density at radius 1 is 1.30 bits per heavy atom. The van der Waals surface area contributed by atoms with Crippen LogP contribution in [-0.2, 0) is 6.42 Å². The number of benzene rings is 1. The van der Waals surface area contributed by atoms with Gasteiger partial charge in [0.1, 0.15) is 5.82 Å². The SMILES string of the molecule is Cc1ccccc1CCNc1nc(C(=O)O)ccc1N. The van der Waals surface area contributed by atoms with E-state index < -0.39 is 5.97 Å². The minimum absolute atomic E-state index is 0.0161. The monoisotopic (exact) mass is 271 g/mol. The van der Waals surface area contributed by atoms with Crippen LogP contribution in [0.5, 0.6) is 0 Å². The van der Waals surface area contributed by atoms with Gasteiger partial charge in [-0.1, -0.05) is 24.3 Å². The predicted molar refractivity (Wildman–Crippen MR) is 79.0 cm³/mol. The standard InChI is InChI=1S/C15H17N3O2/c1-10-4-2-3-5-11(10)8-9-17-14-12(16)6-7-13(18-14)15(19)20/h2-7H,8-9,16H2,1H3,(H,17,18)(H,19,20). The van der Waals surface area contributed by atoms with Gasteiger partial charge < -0.3 is 16.2 Å². The molecule has 5 nitrogen and oxygen atoms in total. The van der Waals surface area contributed by atoms with E-state index in [9.17, 15) is 4.79 Å². The molecule has 0 bridgehead atoms. The highest BCUT2D eigenvalue weighted by Gasteiger charge is 2.08. The van der Waals surface area contributed by atoms with E-state index >= 15 is 0 Å². The zero-order valence-corrected chi connectivity index (χ0v) is 11.3. The highest BCUT2D eigenvalue weighted by atomic mass is 16.4. The summed E-state index contributed by atoms with van der Waals surface area (Å²) in [5.41, 5.74) is 8.68. The minimum Gasteiger partial charge on any atom is -0.477 e. The van der Waals surface area contributed by atoms with Gasteiger partial charge in [-0.15, -0.1) is 0 Å². The van der Waals surface area contributed by atoms with Crippen LogP contribution in [0.25, 0.3) is 0 Å². The zero-order chi connectivity index (χ0) is 14.5. The van der Waals surface area contributed by atoms with Crippen molar-refractivity contribution >= 4 is 17.5 Å². The molecule has 0 spiro atoms. The normalized spacial score (nSPS) is 10.2. The molecule has 0 saturated carbocycles. The number of aromatic nitrogens is 1. The van der Waals surface area contributed by atoms with E-state index in [1.165, 1.54) is 17.2 Å². The third-order valence-corrected chi connectivity index (χ3v) is 3.09. The quantitative estimate of drug-likeness (QED) is 0.776. The van der Waals surface area contributed by atoms with Crippen LogP contribution in [0.4, 0.5) is 11.5 Å². The van der Waals surface area contributed by atoms with E-state index in [0.717, 1.165) is 6.42 Å². The van der Waals surface area contributed by atoms with E-state index in [2.05, 4.69) is 29.4 Å². The third kappa shape index (κ3) is 3.26. The molecule has 4 N–H and O–H groups in total. The molecule has 0 aliphatic carbocycles. The number of hydrogen-bond donors (Lipinski definition) is 3. The Bertz CT molecular complexity index is 626. The molecule has 0 aliphatic heterocycles. The van der Waals surface area contributed by atoms with Crippen molar-refractivity contribution in [3.63, 3.8) is 0 Å². The summed E-state index contributed by atoms with van der Waals surface area (Å²) < 4.78 is 0. The summed E-state index contributed by atoms with van der Waals surface area (Å²) in [6.07, 6.45) is 0.824. The van der Waals surface area contributed by atoms with Crippen LogP contribution in [0.15, 0.2) is 36.4 Å². The average Bonchev–Trinajstić information content (AvgIpc) is 2.42. The first-order valence-corrected chi connectivity index (χ1v) is 6.36. The summed E-state index contributed by atoms with van der Waals surface area (Å²) >= 11 is 0. The molecular weight excluding hydrogens is 254 g/mol. The second kappa shape index (κ2) is 6.06. The van der Waals surface area contributed by atoms with E-state index in [4.69, 9.17) is 10.8 Å². The van der Waals surface area contributed by atoms with Crippen LogP contribution >= 0.6 is 0 Å². The molecule has 0 fully saturated rings. The number of nitrogens with one attached hydrogen (secondary N) is 1. The summed E-state index contributed by atoms with van der Waals surface area (Å²) in [5.74, 6) is -0.648. The van der Waals surface area contributed by atoms with Crippen molar-refractivity contribution in [2.45, 2.75) is 13.3 Å². The largest absolute Gasteiger partial charge is 0.477 e. The number of nitrogens with two attached hydrogens (primary N) is 1. The molecule has 0 amide bonds. The molecule has 0 atom stereocenters. The fraction of sp³-hybridized carbons (Fsp3) is 0.200. The van der Waals surface area contributed by atoms with E-state index in [0.29, 0.717) is 18.1 Å². The van der Waals surface area contributed by atoms with Gasteiger partial charge in [0.05, 0.1) is 5.69 Å². The first kappa shape index (κ1) is 13.9. The molecule has 1 aromatic carbocycles.